The van der Waals surface area contributed by atoms with Crippen molar-refractivity contribution in [3.63, 3.8) is 0 Å². The van der Waals surface area contributed by atoms with Crippen LogP contribution < -0.4 is 0 Å². The Morgan fingerprint density at radius 2 is 2.00 bits per heavy atom. The molecule has 0 aromatic heterocycles. The molecule has 0 unspecified atom stereocenters. The van der Waals surface area contributed by atoms with Crippen molar-refractivity contribution < 1.29 is 4.74 Å². The summed E-state index contributed by atoms with van der Waals surface area (Å²) in [6, 6.07) is 0. The number of ether oxygens (including phenoxy) is 1. The van der Waals surface area contributed by atoms with Crippen molar-refractivity contribution in [2.75, 3.05) is 13.2 Å². The largest absolute Gasteiger partial charge is 0.382 e. The summed E-state index contributed by atoms with van der Waals surface area (Å²) >= 11 is 0. The van der Waals surface area contributed by atoms with Gasteiger partial charge in [0.1, 0.15) is 0 Å². The van der Waals surface area contributed by atoms with Crippen LogP contribution in [0.2, 0.25) is 5.31 Å². The van der Waals surface area contributed by atoms with Crippen molar-refractivity contribution in [2.45, 2.75) is 45.3 Å². The maximum absolute atomic E-state index is 6.09. The van der Waals surface area contributed by atoms with Gasteiger partial charge in [-0.2, -0.15) is 0 Å². The van der Waals surface area contributed by atoms with Crippen LogP contribution in [0, 0.1) is 5.41 Å². The van der Waals surface area contributed by atoms with E-state index in [2.05, 4.69) is 20.8 Å². The SMILES string of the molecule is [B]C1(CC(C)(C)CCC)COC1. The first-order valence-corrected chi connectivity index (χ1v) is 4.84. The van der Waals surface area contributed by atoms with E-state index in [0.29, 0.717) is 5.41 Å². The van der Waals surface area contributed by atoms with Gasteiger partial charge < -0.3 is 4.74 Å². The van der Waals surface area contributed by atoms with Gasteiger partial charge in [0.05, 0.1) is 7.85 Å². The first-order valence-electron chi connectivity index (χ1n) is 4.84. The van der Waals surface area contributed by atoms with Crippen LogP contribution in [-0.4, -0.2) is 21.1 Å². The van der Waals surface area contributed by atoms with Gasteiger partial charge in [-0.25, -0.2) is 0 Å². The highest BCUT2D eigenvalue weighted by atomic mass is 16.5. The van der Waals surface area contributed by atoms with Crippen molar-refractivity contribution in [2.24, 2.45) is 5.41 Å². The highest BCUT2D eigenvalue weighted by Gasteiger charge is 2.37. The standard InChI is InChI=1S/C10H19BO/c1-4-5-9(2,3)6-10(11)7-12-8-10/h4-8H2,1-3H3. The quantitative estimate of drug-likeness (QED) is 0.583. The Hall–Kier alpha value is 0.0249. The second kappa shape index (κ2) is 3.41. The predicted molar refractivity (Wildman–Crippen MR) is 52.6 cm³/mol. The zero-order chi connectivity index (χ0) is 9.24. The van der Waals surface area contributed by atoms with Crippen LogP contribution in [-0.2, 0) is 4.74 Å². The summed E-state index contributed by atoms with van der Waals surface area (Å²) in [4.78, 5) is 0. The molecule has 0 bridgehead atoms. The molecule has 1 heterocycles. The van der Waals surface area contributed by atoms with Gasteiger partial charge in [-0.05, 0) is 23.6 Å². The van der Waals surface area contributed by atoms with E-state index in [-0.39, 0.29) is 5.31 Å². The molecule has 1 nitrogen and oxygen atoms in total. The summed E-state index contributed by atoms with van der Waals surface area (Å²) in [5.41, 5.74) is 0.382. The normalized spacial score (nSPS) is 21.9. The fraction of sp³-hybridized carbons (Fsp3) is 1.00. The topological polar surface area (TPSA) is 9.23 Å². The van der Waals surface area contributed by atoms with Crippen LogP contribution in [0.15, 0.2) is 0 Å². The van der Waals surface area contributed by atoms with Gasteiger partial charge in [0.2, 0.25) is 0 Å². The smallest absolute Gasteiger partial charge is 0.0809 e. The summed E-state index contributed by atoms with van der Waals surface area (Å²) in [7, 11) is 6.09. The molecule has 1 fully saturated rings. The number of hydrogen-bond acceptors (Lipinski definition) is 1. The number of hydrogen-bond donors (Lipinski definition) is 0. The minimum absolute atomic E-state index is 0.0152. The molecule has 1 saturated heterocycles. The molecule has 0 spiro atoms. The molecule has 1 aliphatic rings. The third kappa shape index (κ3) is 2.51. The maximum atomic E-state index is 6.09. The van der Waals surface area contributed by atoms with E-state index >= 15 is 0 Å². The summed E-state index contributed by atoms with van der Waals surface area (Å²) in [5, 5.41) is -0.0152. The van der Waals surface area contributed by atoms with E-state index in [9.17, 15) is 0 Å². The van der Waals surface area contributed by atoms with Crippen molar-refractivity contribution >= 4 is 7.85 Å². The van der Waals surface area contributed by atoms with Gasteiger partial charge in [0, 0.05) is 13.2 Å². The zero-order valence-electron chi connectivity index (χ0n) is 8.52. The van der Waals surface area contributed by atoms with Gasteiger partial charge >= 0.3 is 0 Å². The van der Waals surface area contributed by atoms with E-state index in [1.165, 1.54) is 12.8 Å². The lowest BCUT2D eigenvalue weighted by atomic mass is 9.59. The molecule has 68 valence electrons. The maximum Gasteiger partial charge on any atom is 0.0809 e. The van der Waals surface area contributed by atoms with Gasteiger partial charge in [-0.1, -0.05) is 27.2 Å². The van der Waals surface area contributed by atoms with Gasteiger partial charge in [-0.15, -0.1) is 0 Å². The number of rotatable bonds is 4. The van der Waals surface area contributed by atoms with E-state index in [1.807, 2.05) is 0 Å². The van der Waals surface area contributed by atoms with Crippen LogP contribution in [0.4, 0.5) is 0 Å². The van der Waals surface area contributed by atoms with Crippen molar-refractivity contribution in [1.82, 2.24) is 0 Å². The summed E-state index contributed by atoms with van der Waals surface area (Å²) in [6.07, 6.45) is 3.59. The Labute approximate surface area is 77.3 Å². The van der Waals surface area contributed by atoms with Crippen LogP contribution in [0.25, 0.3) is 0 Å². The first-order chi connectivity index (χ1) is 5.47. The molecule has 0 amide bonds. The monoisotopic (exact) mass is 166 g/mol. The van der Waals surface area contributed by atoms with Crippen molar-refractivity contribution in [1.29, 1.82) is 0 Å². The highest BCUT2D eigenvalue weighted by Crippen LogP contribution is 2.44. The third-order valence-corrected chi connectivity index (χ3v) is 2.54. The molecule has 1 aliphatic heterocycles. The van der Waals surface area contributed by atoms with Gasteiger partial charge in [-0.3, -0.25) is 0 Å². The average molecular weight is 166 g/mol. The van der Waals surface area contributed by atoms with E-state index in [0.717, 1.165) is 19.6 Å². The Morgan fingerprint density at radius 3 is 2.33 bits per heavy atom. The Bertz CT molecular complexity index is 150. The van der Waals surface area contributed by atoms with Crippen molar-refractivity contribution in [3.8, 4) is 0 Å². The molecule has 0 saturated carbocycles. The van der Waals surface area contributed by atoms with Gasteiger partial charge in [0.15, 0.2) is 0 Å². The van der Waals surface area contributed by atoms with Crippen LogP contribution >= 0.6 is 0 Å². The van der Waals surface area contributed by atoms with E-state index in [4.69, 9.17) is 12.6 Å². The minimum Gasteiger partial charge on any atom is -0.382 e. The molecule has 0 aromatic rings. The van der Waals surface area contributed by atoms with Crippen LogP contribution in [0.3, 0.4) is 0 Å². The fourth-order valence-electron chi connectivity index (χ4n) is 2.18. The van der Waals surface area contributed by atoms with E-state index < -0.39 is 0 Å². The van der Waals surface area contributed by atoms with Crippen LogP contribution in [0.1, 0.15) is 40.0 Å². The minimum atomic E-state index is -0.0152. The fourth-order valence-corrected chi connectivity index (χ4v) is 2.18. The third-order valence-electron chi connectivity index (χ3n) is 2.54. The van der Waals surface area contributed by atoms with E-state index in [1.54, 1.807) is 0 Å². The summed E-state index contributed by atoms with van der Waals surface area (Å²) in [6.45, 7) is 8.31. The molecular formula is C10H19BO. The molecule has 0 aromatic carbocycles. The lowest BCUT2D eigenvalue weighted by Gasteiger charge is -2.44. The molecule has 2 radical (unpaired) electrons. The summed E-state index contributed by atoms with van der Waals surface area (Å²) in [5.74, 6) is 0. The zero-order valence-corrected chi connectivity index (χ0v) is 8.52. The molecule has 2 heteroatoms. The second-order valence-corrected chi connectivity index (χ2v) is 4.95. The summed E-state index contributed by atoms with van der Waals surface area (Å²) < 4.78 is 5.14. The molecule has 0 N–H and O–H groups in total. The van der Waals surface area contributed by atoms with Crippen LogP contribution in [0.5, 0.6) is 0 Å². The average Bonchev–Trinajstić information content (AvgIpc) is 1.83. The van der Waals surface area contributed by atoms with Crippen molar-refractivity contribution in [3.05, 3.63) is 0 Å². The Kier molecular flexibility index (Phi) is 2.87. The second-order valence-electron chi connectivity index (χ2n) is 4.95. The Morgan fingerprint density at radius 1 is 1.42 bits per heavy atom. The lowest BCUT2D eigenvalue weighted by Crippen LogP contribution is -2.39. The highest BCUT2D eigenvalue weighted by molar-refractivity contribution is 6.16. The molecule has 0 aliphatic carbocycles. The molecule has 0 atom stereocenters. The molecule has 12 heavy (non-hydrogen) atoms. The first kappa shape index (κ1) is 10.1. The predicted octanol–water partition coefficient (Wildman–Crippen LogP) is 2.56. The lowest BCUT2D eigenvalue weighted by molar-refractivity contribution is -0.0380. The Balaban J connectivity index is 2.37. The molecule has 1 rings (SSSR count). The van der Waals surface area contributed by atoms with Gasteiger partial charge in [0.25, 0.3) is 0 Å². The molecular weight excluding hydrogens is 147 g/mol.